The smallest absolute Gasteiger partial charge is 0.406 e. The normalized spacial score (nSPS) is 16.0. The van der Waals surface area contributed by atoms with E-state index < -0.39 is 22.3 Å². The maximum absolute atomic E-state index is 13.2. The quantitative estimate of drug-likeness (QED) is 0.593. The molecule has 1 fully saturated rings. The van der Waals surface area contributed by atoms with Crippen LogP contribution in [0.3, 0.4) is 0 Å². The van der Waals surface area contributed by atoms with Gasteiger partial charge in [0.1, 0.15) is 10.6 Å². The van der Waals surface area contributed by atoms with Gasteiger partial charge in [0.2, 0.25) is 15.9 Å². The van der Waals surface area contributed by atoms with Crippen molar-refractivity contribution in [3.63, 3.8) is 0 Å². The third-order valence-corrected chi connectivity index (χ3v) is 7.32. The van der Waals surface area contributed by atoms with Crippen LogP contribution in [0.25, 0.3) is 10.9 Å². The van der Waals surface area contributed by atoms with Gasteiger partial charge in [0.05, 0.1) is 5.52 Å². The molecule has 0 unspecified atom stereocenters. The lowest BCUT2D eigenvalue weighted by molar-refractivity contribution is -0.274. The number of pyridine rings is 1. The number of para-hydroxylation sites is 1. The van der Waals surface area contributed by atoms with Crippen molar-refractivity contribution in [3.05, 3.63) is 60.8 Å². The van der Waals surface area contributed by atoms with E-state index >= 15 is 0 Å². The summed E-state index contributed by atoms with van der Waals surface area (Å²) < 4.78 is 68.3. The van der Waals surface area contributed by atoms with E-state index in [9.17, 15) is 26.4 Å². The van der Waals surface area contributed by atoms with Gasteiger partial charge in [0, 0.05) is 36.3 Å². The Balaban J connectivity index is 1.38. The lowest BCUT2D eigenvalue weighted by atomic mass is 9.97. The molecular weight excluding hydrogens is 459 g/mol. The topological polar surface area (TPSA) is 88.6 Å². The summed E-state index contributed by atoms with van der Waals surface area (Å²) in [5, 5.41) is 3.38. The number of anilines is 1. The molecule has 11 heteroatoms. The highest BCUT2D eigenvalue weighted by Crippen LogP contribution is 2.29. The molecule has 0 aliphatic carbocycles. The third-order valence-electron chi connectivity index (χ3n) is 5.39. The number of carbonyl (C=O) groups excluding carboxylic acids is 1. The number of hydrogen-bond acceptors (Lipinski definition) is 5. The van der Waals surface area contributed by atoms with E-state index in [2.05, 4.69) is 15.0 Å². The fourth-order valence-corrected chi connectivity index (χ4v) is 5.40. The fraction of sp³-hybridized carbons (Fsp3) is 0.273. The average molecular weight is 479 g/mol. The number of nitrogens with zero attached hydrogens (tertiary/aromatic N) is 2. The molecule has 0 atom stereocenters. The maximum atomic E-state index is 13.2. The van der Waals surface area contributed by atoms with E-state index in [0.717, 1.165) is 17.5 Å². The minimum absolute atomic E-state index is 0.129. The SMILES string of the molecule is O=C(Nc1ccc(OC(F)(F)F)cc1)C1CCN(S(=O)(=O)c2cccc3cccnc23)CC1. The zero-order valence-corrected chi connectivity index (χ0v) is 18.1. The van der Waals surface area contributed by atoms with E-state index in [1.807, 2.05) is 0 Å². The Hall–Kier alpha value is -3.18. The first-order chi connectivity index (χ1) is 15.6. The van der Waals surface area contributed by atoms with Crippen LogP contribution in [0.4, 0.5) is 18.9 Å². The number of fused-ring (bicyclic) bond motifs is 1. The molecule has 2 aromatic carbocycles. The van der Waals surface area contributed by atoms with Crippen LogP contribution in [0.2, 0.25) is 0 Å². The number of carbonyl (C=O) groups is 1. The predicted octanol–water partition coefficient (Wildman–Crippen LogP) is 4.17. The Morgan fingerprint density at radius 2 is 1.70 bits per heavy atom. The van der Waals surface area contributed by atoms with Crippen LogP contribution in [0, 0.1) is 5.92 Å². The van der Waals surface area contributed by atoms with Crippen LogP contribution in [0.1, 0.15) is 12.8 Å². The lowest BCUT2D eigenvalue weighted by Crippen LogP contribution is -2.41. The first-order valence-corrected chi connectivity index (χ1v) is 11.6. The van der Waals surface area contributed by atoms with E-state index in [4.69, 9.17) is 0 Å². The number of benzene rings is 2. The Kier molecular flexibility index (Phi) is 6.26. The molecule has 33 heavy (non-hydrogen) atoms. The van der Waals surface area contributed by atoms with Gasteiger partial charge in [0.25, 0.3) is 0 Å². The number of aromatic nitrogens is 1. The zero-order valence-electron chi connectivity index (χ0n) is 17.2. The van der Waals surface area contributed by atoms with E-state index in [-0.39, 0.29) is 29.6 Å². The van der Waals surface area contributed by atoms with Crippen LogP contribution < -0.4 is 10.1 Å². The predicted molar refractivity (Wildman–Crippen MR) is 115 cm³/mol. The van der Waals surface area contributed by atoms with Gasteiger partial charge in [-0.05, 0) is 49.2 Å². The van der Waals surface area contributed by atoms with Crippen LogP contribution in [0.15, 0.2) is 65.7 Å². The Bertz CT molecular complexity index is 1250. The van der Waals surface area contributed by atoms with Crippen molar-refractivity contribution in [2.24, 2.45) is 5.92 Å². The molecule has 1 saturated heterocycles. The summed E-state index contributed by atoms with van der Waals surface area (Å²) in [6.45, 7) is 0.337. The van der Waals surface area contributed by atoms with Crippen molar-refractivity contribution in [1.82, 2.24) is 9.29 Å². The van der Waals surface area contributed by atoms with Crippen LogP contribution >= 0.6 is 0 Å². The summed E-state index contributed by atoms with van der Waals surface area (Å²) >= 11 is 0. The first kappa shape index (κ1) is 23.0. The molecule has 0 saturated carbocycles. The molecule has 3 aromatic rings. The van der Waals surface area contributed by atoms with Gasteiger partial charge in [-0.25, -0.2) is 8.42 Å². The van der Waals surface area contributed by atoms with Gasteiger partial charge in [-0.1, -0.05) is 18.2 Å². The van der Waals surface area contributed by atoms with Gasteiger partial charge < -0.3 is 10.1 Å². The average Bonchev–Trinajstić information content (AvgIpc) is 2.79. The Morgan fingerprint density at radius 3 is 2.36 bits per heavy atom. The molecule has 2 heterocycles. The molecular formula is C22H20F3N3O4S. The summed E-state index contributed by atoms with van der Waals surface area (Å²) in [7, 11) is -3.78. The maximum Gasteiger partial charge on any atom is 0.573 e. The number of halogens is 3. The highest BCUT2D eigenvalue weighted by atomic mass is 32.2. The van der Waals surface area contributed by atoms with Gasteiger partial charge in [-0.3, -0.25) is 9.78 Å². The minimum Gasteiger partial charge on any atom is -0.406 e. The van der Waals surface area contributed by atoms with Gasteiger partial charge in [-0.2, -0.15) is 4.31 Å². The van der Waals surface area contributed by atoms with Crippen LogP contribution in [-0.2, 0) is 14.8 Å². The highest BCUT2D eigenvalue weighted by Gasteiger charge is 2.33. The molecule has 1 aliphatic heterocycles. The summed E-state index contributed by atoms with van der Waals surface area (Å²) in [5.74, 6) is -1.13. The first-order valence-electron chi connectivity index (χ1n) is 10.1. The second-order valence-corrected chi connectivity index (χ2v) is 9.48. The summed E-state index contributed by atoms with van der Waals surface area (Å²) in [5.41, 5.74) is 0.726. The number of hydrogen-bond donors (Lipinski definition) is 1. The van der Waals surface area contributed by atoms with Crippen molar-refractivity contribution in [2.45, 2.75) is 24.1 Å². The molecule has 0 radical (unpaired) electrons. The standard InChI is InChI=1S/C22H20F3N3O4S/c23-22(24,25)32-18-8-6-17(7-9-18)27-21(29)16-10-13-28(14-11-16)33(30,31)19-5-1-3-15-4-2-12-26-20(15)19/h1-9,12,16H,10-11,13-14H2,(H,27,29). The fourth-order valence-electron chi connectivity index (χ4n) is 3.77. The molecule has 7 nitrogen and oxygen atoms in total. The molecule has 1 amide bonds. The second kappa shape index (κ2) is 8.99. The number of amides is 1. The molecule has 4 rings (SSSR count). The Labute approximate surface area is 188 Å². The molecule has 0 spiro atoms. The Morgan fingerprint density at radius 1 is 1.03 bits per heavy atom. The van der Waals surface area contributed by atoms with Crippen LogP contribution in [-0.4, -0.2) is 43.1 Å². The van der Waals surface area contributed by atoms with Crippen molar-refractivity contribution in [3.8, 4) is 5.75 Å². The summed E-state index contributed by atoms with van der Waals surface area (Å²) in [6.07, 6.45) is -2.61. The largest absolute Gasteiger partial charge is 0.573 e. The summed E-state index contributed by atoms with van der Waals surface area (Å²) in [4.78, 5) is 16.9. The van der Waals surface area contributed by atoms with Crippen LogP contribution in [0.5, 0.6) is 5.75 Å². The van der Waals surface area contributed by atoms with E-state index in [1.54, 1.807) is 30.5 Å². The molecule has 174 valence electrons. The van der Waals surface area contributed by atoms with Gasteiger partial charge >= 0.3 is 6.36 Å². The number of rotatable bonds is 5. The summed E-state index contributed by atoms with van der Waals surface area (Å²) in [6, 6.07) is 13.3. The van der Waals surface area contributed by atoms with Crippen molar-refractivity contribution < 1.29 is 31.1 Å². The van der Waals surface area contributed by atoms with Gasteiger partial charge in [0.15, 0.2) is 0 Å². The van der Waals surface area contributed by atoms with E-state index in [0.29, 0.717) is 24.0 Å². The number of piperidine rings is 1. The lowest BCUT2D eigenvalue weighted by Gasteiger charge is -2.30. The highest BCUT2D eigenvalue weighted by molar-refractivity contribution is 7.89. The van der Waals surface area contributed by atoms with Crippen molar-refractivity contribution in [1.29, 1.82) is 0 Å². The molecule has 0 bridgehead atoms. The number of sulfonamides is 1. The third kappa shape index (κ3) is 5.25. The van der Waals surface area contributed by atoms with E-state index in [1.165, 1.54) is 22.5 Å². The molecule has 1 N–H and O–H groups in total. The second-order valence-electron chi connectivity index (χ2n) is 7.57. The number of ether oxygens (including phenoxy) is 1. The van der Waals surface area contributed by atoms with Crippen molar-refractivity contribution >= 4 is 32.5 Å². The number of alkyl halides is 3. The zero-order chi connectivity index (χ0) is 23.6. The molecule has 1 aromatic heterocycles. The number of nitrogens with one attached hydrogen (secondary N) is 1. The van der Waals surface area contributed by atoms with Crippen molar-refractivity contribution in [2.75, 3.05) is 18.4 Å². The molecule has 1 aliphatic rings. The monoisotopic (exact) mass is 479 g/mol. The van der Waals surface area contributed by atoms with Gasteiger partial charge in [-0.15, -0.1) is 13.2 Å². The minimum atomic E-state index is -4.79.